The molecule has 1 amide bonds. The van der Waals surface area contributed by atoms with Crippen LogP contribution in [-0.4, -0.2) is 64.7 Å². The predicted molar refractivity (Wildman–Crippen MR) is 121 cm³/mol. The second-order valence-corrected chi connectivity index (χ2v) is 8.15. The van der Waals surface area contributed by atoms with Crippen molar-refractivity contribution in [1.82, 2.24) is 19.4 Å². The number of ether oxygens (including phenoxy) is 1. The molecule has 0 aliphatic carbocycles. The van der Waals surface area contributed by atoms with Crippen molar-refractivity contribution in [3.05, 3.63) is 89.3 Å². The van der Waals surface area contributed by atoms with Crippen molar-refractivity contribution in [1.29, 1.82) is 0 Å². The molecule has 1 aromatic heterocycles. The third-order valence-electron chi connectivity index (χ3n) is 5.74. The van der Waals surface area contributed by atoms with Crippen LogP contribution in [-0.2, 0) is 17.8 Å². The van der Waals surface area contributed by atoms with Crippen LogP contribution < -0.4 is 0 Å². The molecule has 6 nitrogen and oxygen atoms in total. The average Bonchev–Trinajstić information content (AvgIpc) is 3.24. The number of aryl methyl sites for hydroxylation is 1. The lowest BCUT2D eigenvalue weighted by atomic mass is 10.1. The Balaban J connectivity index is 1.51. The summed E-state index contributed by atoms with van der Waals surface area (Å²) in [6.07, 6.45) is 3.72. The van der Waals surface area contributed by atoms with E-state index in [4.69, 9.17) is 4.74 Å². The fraction of sp³-hybridized carbons (Fsp3) is 0.360. The minimum atomic E-state index is -0.352. The number of carbonyl (C=O) groups excluding carboxylic acids is 1. The smallest absolute Gasteiger partial charge is 0.254 e. The van der Waals surface area contributed by atoms with Crippen molar-refractivity contribution < 1.29 is 13.9 Å². The van der Waals surface area contributed by atoms with E-state index in [1.165, 1.54) is 23.3 Å². The lowest BCUT2D eigenvalue weighted by Crippen LogP contribution is -2.43. The van der Waals surface area contributed by atoms with Gasteiger partial charge in [0.15, 0.2) is 0 Å². The monoisotopic (exact) mass is 436 g/mol. The predicted octanol–water partition coefficient (Wildman–Crippen LogP) is 3.35. The summed E-state index contributed by atoms with van der Waals surface area (Å²) >= 11 is 0. The van der Waals surface area contributed by atoms with Crippen LogP contribution in [0.25, 0.3) is 0 Å². The highest BCUT2D eigenvalue weighted by molar-refractivity contribution is 5.94. The molecule has 0 bridgehead atoms. The van der Waals surface area contributed by atoms with Gasteiger partial charge in [-0.25, -0.2) is 9.37 Å². The van der Waals surface area contributed by atoms with Crippen molar-refractivity contribution in [3.63, 3.8) is 0 Å². The van der Waals surface area contributed by atoms with Crippen LogP contribution in [0.2, 0.25) is 0 Å². The highest BCUT2D eigenvalue weighted by atomic mass is 19.1. The molecule has 0 saturated carbocycles. The molecule has 2 aromatic carbocycles. The largest absolute Gasteiger partial charge is 0.379 e. The van der Waals surface area contributed by atoms with Gasteiger partial charge < -0.3 is 14.2 Å². The van der Waals surface area contributed by atoms with E-state index in [0.29, 0.717) is 38.4 Å². The molecule has 0 radical (unpaired) electrons. The molecule has 1 aliphatic heterocycles. The average molecular weight is 437 g/mol. The number of imidazole rings is 1. The van der Waals surface area contributed by atoms with E-state index < -0.39 is 0 Å². The first kappa shape index (κ1) is 22.2. The molecular weight excluding hydrogens is 407 g/mol. The molecular formula is C25H29FN4O2. The summed E-state index contributed by atoms with van der Waals surface area (Å²) in [4.78, 5) is 21.9. The number of amides is 1. The summed E-state index contributed by atoms with van der Waals surface area (Å²) in [5.41, 5.74) is 2.88. The van der Waals surface area contributed by atoms with Gasteiger partial charge in [-0.3, -0.25) is 9.69 Å². The number of aromatic nitrogens is 2. The van der Waals surface area contributed by atoms with Crippen LogP contribution in [0.15, 0.2) is 60.9 Å². The first-order chi connectivity index (χ1) is 15.6. The van der Waals surface area contributed by atoms with E-state index in [1.54, 1.807) is 23.2 Å². The Bertz CT molecular complexity index is 1030. The third kappa shape index (κ3) is 5.81. The van der Waals surface area contributed by atoms with Gasteiger partial charge in [0.05, 0.1) is 19.8 Å². The second kappa shape index (κ2) is 10.5. The van der Waals surface area contributed by atoms with Crippen LogP contribution in [0.5, 0.6) is 0 Å². The van der Waals surface area contributed by atoms with Crippen LogP contribution in [0, 0.1) is 12.7 Å². The van der Waals surface area contributed by atoms with Crippen molar-refractivity contribution in [2.75, 3.05) is 39.4 Å². The van der Waals surface area contributed by atoms with Gasteiger partial charge in [-0.05, 0) is 36.8 Å². The minimum absolute atomic E-state index is 0.122. The van der Waals surface area contributed by atoms with Crippen molar-refractivity contribution in [2.45, 2.75) is 20.0 Å². The summed E-state index contributed by atoms with van der Waals surface area (Å²) in [5.74, 6) is 0.349. The Morgan fingerprint density at radius 3 is 2.69 bits per heavy atom. The molecule has 3 aromatic rings. The molecule has 1 saturated heterocycles. The van der Waals surface area contributed by atoms with Crippen LogP contribution in [0.1, 0.15) is 27.3 Å². The molecule has 0 N–H and O–H groups in total. The van der Waals surface area contributed by atoms with Crippen LogP contribution in [0.4, 0.5) is 4.39 Å². The molecule has 32 heavy (non-hydrogen) atoms. The zero-order valence-corrected chi connectivity index (χ0v) is 18.4. The Kier molecular flexibility index (Phi) is 7.29. The maximum absolute atomic E-state index is 13.4. The van der Waals surface area contributed by atoms with Gasteiger partial charge in [0.2, 0.25) is 0 Å². The number of benzene rings is 2. The van der Waals surface area contributed by atoms with Gasteiger partial charge in [0.25, 0.3) is 5.91 Å². The number of halogens is 1. The SMILES string of the molecule is Cc1cccc(Cn2ccnc2CN(CCN2CCOCC2)C(=O)c2ccc(F)cc2)c1. The normalized spacial score (nSPS) is 14.4. The standard InChI is InChI=1S/C25H29FN4O2/c1-20-3-2-4-21(17-20)18-29-10-9-27-24(29)19-30(12-11-28-13-15-32-16-14-28)25(31)22-5-7-23(26)8-6-22/h2-10,17H,11-16,18-19H2,1H3. The minimum Gasteiger partial charge on any atom is -0.379 e. The fourth-order valence-corrected chi connectivity index (χ4v) is 3.93. The Hall–Kier alpha value is -3.03. The molecule has 0 unspecified atom stereocenters. The first-order valence-corrected chi connectivity index (χ1v) is 11.0. The molecule has 2 heterocycles. The molecule has 1 aliphatic rings. The Morgan fingerprint density at radius 1 is 1.16 bits per heavy atom. The van der Waals surface area contributed by atoms with Gasteiger partial charge in [-0.2, -0.15) is 0 Å². The van der Waals surface area contributed by atoms with E-state index in [2.05, 4.69) is 39.6 Å². The summed E-state index contributed by atoms with van der Waals surface area (Å²) < 4.78 is 20.9. The van der Waals surface area contributed by atoms with Gasteiger partial charge in [-0.1, -0.05) is 29.8 Å². The molecule has 7 heteroatoms. The summed E-state index contributed by atoms with van der Waals surface area (Å²) in [6, 6.07) is 14.1. The van der Waals surface area contributed by atoms with E-state index in [0.717, 1.165) is 25.5 Å². The summed E-state index contributed by atoms with van der Waals surface area (Å²) in [7, 11) is 0. The zero-order chi connectivity index (χ0) is 22.3. The van der Waals surface area contributed by atoms with Crippen molar-refractivity contribution in [3.8, 4) is 0 Å². The second-order valence-electron chi connectivity index (χ2n) is 8.15. The maximum atomic E-state index is 13.4. The van der Waals surface area contributed by atoms with Gasteiger partial charge in [0.1, 0.15) is 11.6 Å². The van der Waals surface area contributed by atoms with E-state index in [1.807, 2.05) is 12.3 Å². The fourth-order valence-electron chi connectivity index (χ4n) is 3.93. The van der Waals surface area contributed by atoms with Gasteiger partial charge in [-0.15, -0.1) is 0 Å². The Labute approximate surface area is 188 Å². The first-order valence-electron chi connectivity index (χ1n) is 11.0. The lowest BCUT2D eigenvalue weighted by Gasteiger charge is -2.30. The van der Waals surface area contributed by atoms with Crippen LogP contribution >= 0.6 is 0 Å². The molecule has 0 spiro atoms. The highest BCUT2D eigenvalue weighted by Gasteiger charge is 2.20. The number of hydrogen-bond acceptors (Lipinski definition) is 4. The number of rotatable bonds is 8. The number of hydrogen-bond donors (Lipinski definition) is 0. The topological polar surface area (TPSA) is 50.6 Å². The van der Waals surface area contributed by atoms with E-state index in [-0.39, 0.29) is 11.7 Å². The number of carbonyl (C=O) groups is 1. The quantitative estimate of drug-likeness (QED) is 0.544. The molecule has 1 fully saturated rings. The zero-order valence-electron chi connectivity index (χ0n) is 18.4. The lowest BCUT2D eigenvalue weighted by molar-refractivity contribution is 0.0318. The third-order valence-corrected chi connectivity index (χ3v) is 5.74. The molecule has 0 atom stereocenters. The van der Waals surface area contributed by atoms with Crippen molar-refractivity contribution >= 4 is 5.91 Å². The molecule has 4 rings (SSSR count). The van der Waals surface area contributed by atoms with Crippen molar-refractivity contribution in [2.24, 2.45) is 0 Å². The number of morpholine rings is 1. The van der Waals surface area contributed by atoms with E-state index >= 15 is 0 Å². The van der Waals surface area contributed by atoms with E-state index in [9.17, 15) is 9.18 Å². The maximum Gasteiger partial charge on any atom is 0.254 e. The summed E-state index contributed by atoms with van der Waals surface area (Å²) in [5, 5.41) is 0. The summed E-state index contributed by atoms with van der Waals surface area (Å²) in [6.45, 7) is 7.63. The van der Waals surface area contributed by atoms with Gasteiger partial charge >= 0.3 is 0 Å². The highest BCUT2D eigenvalue weighted by Crippen LogP contribution is 2.13. The van der Waals surface area contributed by atoms with Gasteiger partial charge in [0, 0.05) is 50.7 Å². The number of nitrogens with zero attached hydrogens (tertiary/aromatic N) is 4. The molecule has 168 valence electrons. The van der Waals surface area contributed by atoms with Crippen LogP contribution in [0.3, 0.4) is 0 Å². The Morgan fingerprint density at radius 2 is 1.94 bits per heavy atom.